The van der Waals surface area contributed by atoms with Crippen LogP contribution in [0.5, 0.6) is 0 Å². The Kier molecular flexibility index (Phi) is 3.43. The molecule has 1 aromatic heterocycles. The van der Waals surface area contributed by atoms with Crippen LogP contribution in [-0.2, 0) is 0 Å². The number of hydrogen-bond acceptors (Lipinski definition) is 4. The number of nitrogens with zero attached hydrogens (tertiary/aromatic N) is 1. The number of nitrogens with two attached hydrogens (primary N) is 1. The van der Waals surface area contributed by atoms with Gasteiger partial charge in [-0.05, 0) is 25.4 Å². The van der Waals surface area contributed by atoms with E-state index in [0.717, 1.165) is 11.5 Å². The average molecular weight is 239 g/mol. The molecule has 0 aliphatic carbocycles. The molecule has 0 radical (unpaired) electrons. The fourth-order valence-electron chi connectivity index (χ4n) is 1.10. The van der Waals surface area contributed by atoms with E-state index < -0.39 is 18.6 Å². The van der Waals surface area contributed by atoms with Crippen LogP contribution in [0.25, 0.3) is 0 Å². The predicted octanol–water partition coefficient (Wildman–Crippen LogP) is 2.79. The molecule has 1 atom stereocenters. The summed E-state index contributed by atoms with van der Waals surface area (Å²) in [6.45, 7) is 3.20. The highest BCUT2D eigenvalue weighted by Gasteiger charge is 2.30. The van der Waals surface area contributed by atoms with E-state index in [4.69, 9.17) is 5.73 Å². The van der Waals surface area contributed by atoms with E-state index in [1.807, 2.05) is 0 Å². The molecule has 7 heteroatoms. The van der Waals surface area contributed by atoms with Gasteiger partial charge in [0.25, 0.3) is 0 Å². The lowest BCUT2D eigenvalue weighted by Gasteiger charge is -2.15. The normalized spacial score (nSPS) is 13.9. The van der Waals surface area contributed by atoms with Crippen molar-refractivity contribution < 1.29 is 13.2 Å². The van der Waals surface area contributed by atoms with Crippen molar-refractivity contribution in [2.45, 2.75) is 32.5 Å². The Morgan fingerprint density at radius 2 is 2.13 bits per heavy atom. The van der Waals surface area contributed by atoms with Crippen LogP contribution in [0.4, 0.5) is 24.0 Å². The third kappa shape index (κ3) is 3.58. The Morgan fingerprint density at radius 1 is 1.53 bits per heavy atom. The average Bonchev–Trinajstić information content (AvgIpc) is 2.32. The summed E-state index contributed by atoms with van der Waals surface area (Å²) in [5.74, 6) is 0.363. The molecule has 0 saturated carbocycles. The lowest BCUT2D eigenvalue weighted by molar-refractivity contribution is -0.136. The van der Waals surface area contributed by atoms with E-state index >= 15 is 0 Å². The van der Waals surface area contributed by atoms with Gasteiger partial charge >= 0.3 is 6.18 Å². The summed E-state index contributed by atoms with van der Waals surface area (Å²) < 4.78 is 40.0. The zero-order chi connectivity index (χ0) is 11.6. The third-order valence-corrected chi connectivity index (χ3v) is 2.77. The molecule has 0 aliphatic rings. The van der Waals surface area contributed by atoms with Crippen LogP contribution in [-0.4, -0.2) is 16.6 Å². The van der Waals surface area contributed by atoms with E-state index in [1.165, 1.54) is 6.92 Å². The number of aromatic nitrogens is 1. The lowest BCUT2D eigenvalue weighted by atomic mass is 10.2. The van der Waals surface area contributed by atoms with E-state index in [0.29, 0.717) is 16.4 Å². The SMILES string of the molecule is Cc1c(N)nsc1NC(C)CC(F)(F)F. The Morgan fingerprint density at radius 3 is 2.53 bits per heavy atom. The number of halogens is 3. The second-order valence-electron chi connectivity index (χ2n) is 3.39. The van der Waals surface area contributed by atoms with Gasteiger partial charge in [-0.15, -0.1) is 0 Å². The summed E-state index contributed by atoms with van der Waals surface area (Å²) in [4.78, 5) is 0. The van der Waals surface area contributed by atoms with Gasteiger partial charge in [-0.25, -0.2) is 0 Å². The lowest BCUT2D eigenvalue weighted by Crippen LogP contribution is -2.23. The number of hydrogen-bond donors (Lipinski definition) is 2. The minimum absolute atomic E-state index is 0.363. The minimum atomic E-state index is -4.16. The molecule has 1 unspecified atom stereocenters. The van der Waals surface area contributed by atoms with Crippen LogP contribution in [0.1, 0.15) is 18.9 Å². The number of alkyl halides is 3. The van der Waals surface area contributed by atoms with E-state index in [-0.39, 0.29) is 0 Å². The second kappa shape index (κ2) is 4.26. The number of nitrogens with one attached hydrogen (secondary N) is 1. The standard InChI is InChI=1S/C8H12F3N3S/c1-4(3-8(9,10)11)13-7-5(2)6(12)14-15-7/h4,13H,3H2,1-2H3,(H2,12,14). The maximum absolute atomic E-state index is 12.0. The molecule has 86 valence electrons. The number of nitrogen functional groups attached to an aromatic ring is 1. The van der Waals surface area contributed by atoms with Crippen molar-refractivity contribution in [1.82, 2.24) is 4.37 Å². The van der Waals surface area contributed by atoms with Gasteiger partial charge in [0.1, 0.15) is 10.8 Å². The van der Waals surface area contributed by atoms with E-state index in [9.17, 15) is 13.2 Å². The van der Waals surface area contributed by atoms with Crippen molar-refractivity contribution in [1.29, 1.82) is 0 Å². The summed E-state index contributed by atoms with van der Waals surface area (Å²) >= 11 is 1.08. The van der Waals surface area contributed by atoms with Gasteiger partial charge in [0.2, 0.25) is 0 Å². The molecular formula is C8H12F3N3S. The maximum atomic E-state index is 12.0. The van der Waals surface area contributed by atoms with Crippen LogP contribution in [0.3, 0.4) is 0 Å². The first kappa shape index (κ1) is 12.1. The second-order valence-corrected chi connectivity index (χ2v) is 4.16. The van der Waals surface area contributed by atoms with Crippen molar-refractivity contribution in [2.24, 2.45) is 0 Å². The molecule has 0 amide bonds. The van der Waals surface area contributed by atoms with Gasteiger partial charge < -0.3 is 11.1 Å². The highest BCUT2D eigenvalue weighted by atomic mass is 32.1. The third-order valence-electron chi connectivity index (χ3n) is 1.88. The summed E-state index contributed by atoms with van der Waals surface area (Å²) in [7, 11) is 0. The topological polar surface area (TPSA) is 50.9 Å². The van der Waals surface area contributed by atoms with E-state index in [1.54, 1.807) is 6.92 Å². The molecule has 1 heterocycles. The molecule has 0 fully saturated rings. The molecular weight excluding hydrogens is 227 g/mol. The summed E-state index contributed by atoms with van der Waals surface area (Å²) in [6.07, 6.45) is -5.03. The fraction of sp³-hybridized carbons (Fsp3) is 0.625. The Balaban J connectivity index is 2.59. The molecule has 0 aliphatic heterocycles. The first-order valence-electron chi connectivity index (χ1n) is 4.34. The monoisotopic (exact) mass is 239 g/mol. The molecule has 0 aromatic carbocycles. The highest BCUT2D eigenvalue weighted by Crippen LogP contribution is 2.28. The minimum Gasteiger partial charge on any atom is -0.383 e. The number of anilines is 2. The smallest absolute Gasteiger partial charge is 0.383 e. The molecule has 0 bridgehead atoms. The highest BCUT2D eigenvalue weighted by molar-refractivity contribution is 7.10. The largest absolute Gasteiger partial charge is 0.391 e. The fourth-order valence-corrected chi connectivity index (χ4v) is 1.93. The van der Waals surface area contributed by atoms with Crippen molar-refractivity contribution >= 4 is 22.4 Å². The Hall–Kier alpha value is -0.980. The van der Waals surface area contributed by atoms with Crippen LogP contribution < -0.4 is 11.1 Å². The van der Waals surface area contributed by atoms with E-state index in [2.05, 4.69) is 9.69 Å². The van der Waals surface area contributed by atoms with Gasteiger partial charge in [-0.3, -0.25) is 0 Å². The molecule has 3 nitrogen and oxygen atoms in total. The number of rotatable bonds is 3. The van der Waals surface area contributed by atoms with Crippen LogP contribution in [0.2, 0.25) is 0 Å². The molecule has 1 aromatic rings. The first-order valence-corrected chi connectivity index (χ1v) is 5.12. The maximum Gasteiger partial charge on any atom is 0.391 e. The zero-order valence-corrected chi connectivity index (χ0v) is 9.17. The molecule has 1 rings (SSSR count). The quantitative estimate of drug-likeness (QED) is 0.852. The predicted molar refractivity (Wildman–Crippen MR) is 55.0 cm³/mol. The summed E-state index contributed by atoms with van der Waals surface area (Å²) in [5.41, 5.74) is 6.18. The van der Waals surface area contributed by atoms with Crippen molar-refractivity contribution in [3.63, 3.8) is 0 Å². The molecule has 0 saturated heterocycles. The van der Waals surface area contributed by atoms with Crippen LogP contribution in [0.15, 0.2) is 0 Å². The molecule has 3 N–H and O–H groups in total. The van der Waals surface area contributed by atoms with Crippen LogP contribution in [0, 0.1) is 6.92 Å². The Labute approximate surface area is 89.6 Å². The molecule has 15 heavy (non-hydrogen) atoms. The Bertz CT molecular complexity index is 334. The van der Waals surface area contributed by atoms with Crippen molar-refractivity contribution in [3.05, 3.63) is 5.56 Å². The molecule has 0 spiro atoms. The van der Waals surface area contributed by atoms with Crippen LogP contribution >= 0.6 is 11.5 Å². The van der Waals surface area contributed by atoms with Gasteiger partial charge in [0.05, 0.1) is 6.42 Å². The van der Waals surface area contributed by atoms with Crippen molar-refractivity contribution in [2.75, 3.05) is 11.1 Å². The summed E-state index contributed by atoms with van der Waals surface area (Å²) in [5, 5.41) is 3.34. The van der Waals surface area contributed by atoms with Gasteiger partial charge in [-0.2, -0.15) is 17.5 Å². The zero-order valence-electron chi connectivity index (χ0n) is 8.35. The summed E-state index contributed by atoms with van der Waals surface area (Å²) in [6, 6.07) is -0.677. The van der Waals surface area contributed by atoms with Gasteiger partial charge in [0.15, 0.2) is 0 Å². The van der Waals surface area contributed by atoms with Crippen molar-refractivity contribution in [3.8, 4) is 0 Å². The van der Waals surface area contributed by atoms with Gasteiger partial charge in [-0.1, -0.05) is 0 Å². The van der Waals surface area contributed by atoms with Gasteiger partial charge in [0, 0.05) is 11.6 Å². The first-order chi connectivity index (χ1) is 6.79.